The monoisotopic (exact) mass is 376 g/mol. The largest absolute Gasteiger partial charge is 0.490 e. The lowest BCUT2D eigenvalue weighted by molar-refractivity contribution is 0.0698. The number of hydrogen-bond donors (Lipinski definition) is 2. The summed E-state index contributed by atoms with van der Waals surface area (Å²) < 4.78 is 11.2. The number of benzene rings is 3. The molecule has 7 nitrogen and oxygen atoms in total. The number of aromatic carboxylic acids is 1. The van der Waals surface area contributed by atoms with Gasteiger partial charge in [0.15, 0.2) is 11.3 Å². The first-order valence-electron chi connectivity index (χ1n) is 8.50. The molecule has 0 saturated carbocycles. The number of hydrogen-bond acceptors (Lipinski definition) is 6. The van der Waals surface area contributed by atoms with Crippen LogP contribution in [0.5, 0.6) is 5.75 Å². The van der Waals surface area contributed by atoms with Gasteiger partial charge >= 0.3 is 5.97 Å². The van der Waals surface area contributed by atoms with Crippen molar-refractivity contribution in [2.75, 3.05) is 19.5 Å². The molecule has 2 N–H and O–H groups in total. The van der Waals surface area contributed by atoms with E-state index in [1.54, 1.807) is 55.6 Å². The third kappa shape index (κ3) is 2.64. The van der Waals surface area contributed by atoms with E-state index in [1.165, 1.54) is 7.11 Å². The molecule has 0 bridgehead atoms. The van der Waals surface area contributed by atoms with Crippen LogP contribution in [0.1, 0.15) is 10.4 Å². The number of nitrogens with one attached hydrogen (secondary N) is 1. The SMILES string of the molecule is CNc1ccc2nc3c(C(=O)O)c(-c4ccccc4)c(=O)c(OC)c-3oc2c1. The Morgan fingerprint density at radius 1 is 1.18 bits per heavy atom. The minimum absolute atomic E-state index is 0.00494. The van der Waals surface area contributed by atoms with Gasteiger partial charge in [-0.1, -0.05) is 30.3 Å². The lowest BCUT2D eigenvalue weighted by Crippen LogP contribution is -2.18. The summed E-state index contributed by atoms with van der Waals surface area (Å²) in [5.41, 5.74) is 1.44. The van der Waals surface area contributed by atoms with Gasteiger partial charge in [-0.15, -0.1) is 0 Å². The lowest BCUT2D eigenvalue weighted by Gasteiger charge is -2.16. The maximum absolute atomic E-state index is 13.1. The highest BCUT2D eigenvalue weighted by molar-refractivity contribution is 6.04. The summed E-state index contributed by atoms with van der Waals surface area (Å²) in [6, 6.07) is 13.8. The molecule has 0 unspecified atom stereocenters. The Bertz CT molecular complexity index is 1230. The molecule has 0 fully saturated rings. The highest BCUT2D eigenvalue weighted by atomic mass is 16.5. The fraction of sp³-hybridized carbons (Fsp3) is 0.0952. The number of ether oxygens (including phenoxy) is 1. The van der Waals surface area contributed by atoms with Crippen LogP contribution in [-0.2, 0) is 0 Å². The molecule has 2 aromatic rings. The summed E-state index contributed by atoms with van der Waals surface area (Å²) in [4.78, 5) is 29.7. The van der Waals surface area contributed by atoms with E-state index in [0.717, 1.165) is 5.69 Å². The van der Waals surface area contributed by atoms with Crippen molar-refractivity contribution < 1.29 is 19.1 Å². The second-order valence-electron chi connectivity index (χ2n) is 6.11. The van der Waals surface area contributed by atoms with Crippen LogP contribution in [-0.4, -0.2) is 30.2 Å². The normalized spacial score (nSPS) is 10.9. The maximum Gasteiger partial charge on any atom is 0.338 e. The summed E-state index contributed by atoms with van der Waals surface area (Å²) in [5, 5.41) is 12.9. The second-order valence-corrected chi connectivity index (χ2v) is 6.11. The average molecular weight is 376 g/mol. The maximum atomic E-state index is 13.1. The van der Waals surface area contributed by atoms with Crippen LogP contribution in [0.4, 0.5) is 5.69 Å². The molecular formula is C21H16N2O5. The van der Waals surface area contributed by atoms with E-state index in [4.69, 9.17) is 9.15 Å². The molecule has 1 aliphatic carbocycles. The Balaban J connectivity index is 2.20. The Morgan fingerprint density at radius 2 is 1.93 bits per heavy atom. The van der Waals surface area contributed by atoms with Crippen molar-refractivity contribution in [2.24, 2.45) is 0 Å². The van der Waals surface area contributed by atoms with Crippen LogP contribution in [0.2, 0.25) is 0 Å². The fourth-order valence-electron chi connectivity index (χ4n) is 3.22. The highest BCUT2D eigenvalue weighted by Gasteiger charge is 2.31. The zero-order valence-electron chi connectivity index (χ0n) is 15.1. The van der Waals surface area contributed by atoms with Crippen molar-refractivity contribution >= 4 is 22.8 Å². The summed E-state index contributed by atoms with van der Waals surface area (Å²) >= 11 is 0. The van der Waals surface area contributed by atoms with Gasteiger partial charge in [0.1, 0.15) is 16.8 Å². The highest BCUT2D eigenvalue weighted by Crippen LogP contribution is 2.38. The van der Waals surface area contributed by atoms with Gasteiger partial charge in [0.25, 0.3) is 0 Å². The lowest BCUT2D eigenvalue weighted by atomic mass is 9.94. The molecule has 0 radical (unpaired) electrons. The molecule has 0 spiro atoms. The first kappa shape index (κ1) is 17.5. The Hall–Kier alpha value is -3.87. The number of carboxylic acid groups (broad SMARTS) is 1. The zero-order valence-corrected chi connectivity index (χ0v) is 15.1. The predicted octanol–water partition coefficient (Wildman–Crippen LogP) is 3.71. The van der Waals surface area contributed by atoms with E-state index in [9.17, 15) is 14.7 Å². The number of nitrogens with zero attached hydrogens (tertiary/aromatic N) is 1. The topological polar surface area (TPSA) is 102 Å². The number of fused-ring (bicyclic) bond motifs is 2. The van der Waals surface area contributed by atoms with Gasteiger partial charge in [0, 0.05) is 18.8 Å². The van der Waals surface area contributed by atoms with Crippen molar-refractivity contribution in [3.05, 3.63) is 64.3 Å². The van der Waals surface area contributed by atoms with Crippen LogP contribution in [0.15, 0.2) is 57.7 Å². The van der Waals surface area contributed by atoms with E-state index in [0.29, 0.717) is 16.7 Å². The van der Waals surface area contributed by atoms with Crippen molar-refractivity contribution in [1.82, 2.24) is 4.98 Å². The number of anilines is 1. The number of aromatic nitrogens is 1. The van der Waals surface area contributed by atoms with Gasteiger partial charge < -0.3 is 19.6 Å². The van der Waals surface area contributed by atoms with Crippen LogP contribution >= 0.6 is 0 Å². The van der Waals surface area contributed by atoms with E-state index in [-0.39, 0.29) is 28.3 Å². The molecule has 0 amide bonds. The molecule has 0 aromatic heterocycles. The molecule has 4 rings (SSSR count). The van der Waals surface area contributed by atoms with Gasteiger partial charge in [0.05, 0.1) is 12.7 Å². The molecular weight excluding hydrogens is 360 g/mol. The third-order valence-corrected chi connectivity index (χ3v) is 4.51. The van der Waals surface area contributed by atoms with Crippen molar-refractivity contribution in [1.29, 1.82) is 0 Å². The van der Waals surface area contributed by atoms with E-state index >= 15 is 0 Å². The Kier molecular flexibility index (Phi) is 4.19. The summed E-state index contributed by atoms with van der Waals surface area (Å²) in [5.74, 6) is -1.34. The molecule has 1 heterocycles. The van der Waals surface area contributed by atoms with Gasteiger partial charge in [-0.25, -0.2) is 9.78 Å². The van der Waals surface area contributed by atoms with Crippen molar-refractivity contribution in [3.8, 4) is 28.3 Å². The fourth-order valence-corrected chi connectivity index (χ4v) is 3.22. The Labute approximate surface area is 159 Å². The molecule has 0 atom stereocenters. The first-order valence-corrected chi connectivity index (χ1v) is 8.50. The number of carboxylic acids is 1. The number of rotatable bonds is 4. The summed E-state index contributed by atoms with van der Waals surface area (Å²) in [6.45, 7) is 0. The van der Waals surface area contributed by atoms with Crippen molar-refractivity contribution in [3.63, 3.8) is 0 Å². The average Bonchev–Trinajstić information content (AvgIpc) is 2.71. The van der Waals surface area contributed by atoms with Crippen molar-refractivity contribution in [2.45, 2.75) is 0 Å². The second kappa shape index (κ2) is 6.70. The molecule has 2 aliphatic rings. The molecule has 0 saturated heterocycles. The molecule has 140 valence electrons. The summed E-state index contributed by atoms with van der Waals surface area (Å²) in [6.07, 6.45) is 0. The van der Waals surface area contributed by atoms with Gasteiger partial charge in [-0.05, 0) is 17.7 Å². The smallest absolute Gasteiger partial charge is 0.338 e. The molecule has 2 aromatic carbocycles. The summed E-state index contributed by atoms with van der Waals surface area (Å²) in [7, 11) is 3.11. The standard InChI is InChI=1S/C21H16N2O5/c1-22-12-8-9-13-14(10-12)28-19-17(23-13)16(21(25)26)15(18(24)20(19)27-2)11-6-4-3-5-7-11/h3-10,22H,1-2H3,(H,25,26). The predicted molar refractivity (Wildman–Crippen MR) is 105 cm³/mol. The number of methoxy groups -OCH3 is 1. The van der Waals surface area contributed by atoms with Gasteiger partial charge in [-0.3, -0.25) is 4.79 Å². The van der Waals surface area contributed by atoms with Gasteiger partial charge in [-0.2, -0.15) is 0 Å². The molecule has 7 heteroatoms. The number of carbonyl (C=O) groups is 1. The molecule has 1 aliphatic heterocycles. The van der Waals surface area contributed by atoms with E-state index in [1.807, 2.05) is 0 Å². The van der Waals surface area contributed by atoms with Crippen LogP contribution in [0.25, 0.3) is 33.7 Å². The van der Waals surface area contributed by atoms with E-state index < -0.39 is 11.4 Å². The Morgan fingerprint density at radius 3 is 2.57 bits per heavy atom. The third-order valence-electron chi connectivity index (χ3n) is 4.51. The minimum Gasteiger partial charge on any atom is -0.490 e. The van der Waals surface area contributed by atoms with Crippen LogP contribution < -0.4 is 15.5 Å². The van der Waals surface area contributed by atoms with Crippen LogP contribution in [0.3, 0.4) is 0 Å². The minimum atomic E-state index is -1.27. The molecule has 28 heavy (non-hydrogen) atoms. The first-order chi connectivity index (χ1) is 13.5. The zero-order chi connectivity index (χ0) is 19.8. The van der Waals surface area contributed by atoms with Crippen LogP contribution in [0, 0.1) is 0 Å². The quantitative estimate of drug-likeness (QED) is 0.524. The van der Waals surface area contributed by atoms with E-state index in [2.05, 4.69) is 10.3 Å². The van der Waals surface area contributed by atoms with Gasteiger partial charge in [0.2, 0.25) is 11.2 Å².